The minimum Gasteiger partial charge on any atom is -0.381 e. The van der Waals surface area contributed by atoms with E-state index < -0.39 is 0 Å². The molecule has 0 spiro atoms. The van der Waals surface area contributed by atoms with Gasteiger partial charge < -0.3 is 10.1 Å². The van der Waals surface area contributed by atoms with Gasteiger partial charge in [-0.05, 0) is 43.9 Å². The van der Waals surface area contributed by atoms with Gasteiger partial charge in [-0.3, -0.25) is 0 Å². The van der Waals surface area contributed by atoms with Gasteiger partial charge in [-0.2, -0.15) is 0 Å². The second kappa shape index (κ2) is 6.12. The van der Waals surface area contributed by atoms with Crippen LogP contribution in [0, 0.1) is 11.7 Å². The van der Waals surface area contributed by atoms with Crippen LogP contribution in [0.3, 0.4) is 0 Å². The Labute approximate surface area is 102 Å². The Hall–Kier alpha value is -0.930. The highest BCUT2D eigenvalue weighted by molar-refractivity contribution is 5.17. The van der Waals surface area contributed by atoms with Crippen molar-refractivity contribution < 1.29 is 9.13 Å². The molecule has 0 radical (unpaired) electrons. The summed E-state index contributed by atoms with van der Waals surface area (Å²) in [6, 6.07) is 7.42. The number of hydrogen-bond donors (Lipinski definition) is 1. The molecular weight excluding hydrogens is 217 g/mol. The van der Waals surface area contributed by atoms with Gasteiger partial charge >= 0.3 is 0 Å². The van der Waals surface area contributed by atoms with Crippen molar-refractivity contribution in [3.63, 3.8) is 0 Å². The van der Waals surface area contributed by atoms with Crippen LogP contribution in [0.1, 0.15) is 18.9 Å². The maximum atomic E-state index is 13.4. The van der Waals surface area contributed by atoms with Crippen molar-refractivity contribution in [2.75, 3.05) is 19.8 Å². The smallest absolute Gasteiger partial charge is 0.126 e. The highest BCUT2D eigenvalue weighted by Crippen LogP contribution is 2.16. The zero-order valence-electron chi connectivity index (χ0n) is 10.3. The van der Waals surface area contributed by atoms with Gasteiger partial charge in [-0.25, -0.2) is 4.39 Å². The lowest BCUT2D eigenvalue weighted by molar-refractivity contribution is 0.178. The van der Waals surface area contributed by atoms with Crippen molar-refractivity contribution in [2.24, 2.45) is 5.92 Å². The third-order valence-electron chi connectivity index (χ3n) is 3.49. The van der Waals surface area contributed by atoms with Crippen LogP contribution in [0.2, 0.25) is 0 Å². The molecule has 0 saturated carbocycles. The van der Waals surface area contributed by atoms with E-state index >= 15 is 0 Å². The van der Waals surface area contributed by atoms with E-state index in [4.69, 9.17) is 4.74 Å². The summed E-state index contributed by atoms with van der Waals surface area (Å²) in [5.74, 6) is 0.502. The molecule has 1 aliphatic rings. The molecule has 1 N–H and O–H groups in total. The van der Waals surface area contributed by atoms with Crippen LogP contribution >= 0.6 is 0 Å². The van der Waals surface area contributed by atoms with E-state index in [1.165, 1.54) is 6.07 Å². The molecule has 2 nitrogen and oxygen atoms in total. The minimum atomic E-state index is -0.105. The Morgan fingerprint density at radius 1 is 1.47 bits per heavy atom. The second-order valence-electron chi connectivity index (χ2n) is 4.71. The topological polar surface area (TPSA) is 21.3 Å². The van der Waals surface area contributed by atoms with E-state index in [-0.39, 0.29) is 5.82 Å². The van der Waals surface area contributed by atoms with Crippen LogP contribution in [0.4, 0.5) is 4.39 Å². The van der Waals surface area contributed by atoms with Crippen molar-refractivity contribution in [3.8, 4) is 0 Å². The number of hydrogen-bond acceptors (Lipinski definition) is 2. The summed E-state index contributed by atoms with van der Waals surface area (Å²) >= 11 is 0. The molecule has 17 heavy (non-hydrogen) atoms. The molecule has 0 amide bonds. The van der Waals surface area contributed by atoms with Crippen molar-refractivity contribution in [2.45, 2.75) is 25.8 Å². The molecule has 3 heteroatoms. The number of benzene rings is 1. The Bertz CT molecular complexity index is 350. The predicted molar refractivity (Wildman–Crippen MR) is 66.5 cm³/mol. The van der Waals surface area contributed by atoms with Crippen molar-refractivity contribution in [1.29, 1.82) is 0 Å². The summed E-state index contributed by atoms with van der Waals surface area (Å²) in [5, 5.41) is 3.45. The van der Waals surface area contributed by atoms with Crippen molar-refractivity contribution in [3.05, 3.63) is 35.6 Å². The highest BCUT2D eigenvalue weighted by atomic mass is 19.1. The standard InChI is InChI=1S/C14H20FNO/c1-11(13-7-9-17-10-13)16-8-6-12-4-2-3-5-14(12)15/h2-5,11,13,16H,6-10H2,1H3. The lowest BCUT2D eigenvalue weighted by Gasteiger charge is -2.19. The van der Waals surface area contributed by atoms with Crippen molar-refractivity contribution in [1.82, 2.24) is 5.32 Å². The van der Waals surface area contributed by atoms with Crippen LogP contribution < -0.4 is 5.32 Å². The molecule has 94 valence electrons. The average molecular weight is 237 g/mol. The van der Waals surface area contributed by atoms with Gasteiger partial charge in [-0.15, -0.1) is 0 Å². The first kappa shape index (κ1) is 12.5. The fraction of sp³-hybridized carbons (Fsp3) is 0.571. The SMILES string of the molecule is CC(NCCc1ccccc1F)C1CCOC1. The molecule has 2 rings (SSSR count). The van der Waals surface area contributed by atoms with Gasteiger partial charge in [0.2, 0.25) is 0 Å². The van der Waals surface area contributed by atoms with E-state index in [9.17, 15) is 4.39 Å². The van der Waals surface area contributed by atoms with Gasteiger partial charge in [0.15, 0.2) is 0 Å². The molecule has 1 aromatic carbocycles. The number of ether oxygens (including phenoxy) is 1. The quantitative estimate of drug-likeness (QED) is 0.849. The van der Waals surface area contributed by atoms with Crippen LogP contribution in [0.25, 0.3) is 0 Å². The first-order valence-corrected chi connectivity index (χ1v) is 6.32. The monoisotopic (exact) mass is 237 g/mol. The van der Waals surface area contributed by atoms with E-state index in [0.717, 1.165) is 38.2 Å². The molecule has 1 fully saturated rings. The van der Waals surface area contributed by atoms with Gasteiger partial charge in [0, 0.05) is 12.6 Å². The molecule has 1 aliphatic heterocycles. The third kappa shape index (κ3) is 3.51. The lowest BCUT2D eigenvalue weighted by atomic mass is 10.0. The molecule has 0 aromatic heterocycles. The number of nitrogens with one attached hydrogen (secondary N) is 1. The predicted octanol–water partition coefficient (Wildman–Crippen LogP) is 2.38. The Morgan fingerprint density at radius 2 is 2.29 bits per heavy atom. The normalized spacial score (nSPS) is 21.6. The number of halogens is 1. The molecule has 0 bridgehead atoms. The highest BCUT2D eigenvalue weighted by Gasteiger charge is 2.21. The third-order valence-corrected chi connectivity index (χ3v) is 3.49. The van der Waals surface area contributed by atoms with Gasteiger partial charge in [0.1, 0.15) is 5.82 Å². The number of rotatable bonds is 5. The van der Waals surface area contributed by atoms with Crippen molar-refractivity contribution >= 4 is 0 Å². The Balaban J connectivity index is 1.74. The van der Waals surface area contributed by atoms with Gasteiger partial charge in [-0.1, -0.05) is 18.2 Å². The van der Waals surface area contributed by atoms with E-state index in [0.29, 0.717) is 12.0 Å². The fourth-order valence-corrected chi connectivity index (χ4v) is 2.25. The summed E-state index contributed by atoms with van der Waals surface area (Å²) in [6.45, 7) is 4.73. The molecule has 0 aliphatic carbocycles. The average Bonchev–Trinajstić information content (AvgIpc) is 2.85. The second-order valence-corrected chi connectivity index (χ2v) is 4.71. The molecule has 1 saturated heterocycles. The molecule has 2 unspecified atom stereocenters. The van der Waals surface area contributed by atoms with E-state index in [2.05, 4.69) is 12.2 Å². The van der Waals surface area contributed by atoms with Crippen LogP contribution in [0.15, 0.2) is 24.3 Å². The summed E-state index contributed by atoms with van der Waals surface area (Å²) < 4.78 is 18.7. The maximum Gasteiger partial charge on any atom is 0.126 e. The van der Waals surface area contributed by atoms with Crippen LogP contribution in [-0.4, -0.2) is 25.8 Å². The molecule has 2 atom stereocenters. The summed E-state index contributed by atoms with van der Waals surface area (Å²) in [4.78, 5) is 0. The first-order chi connectivity index (χ1) is 8.27. The zero-order valence-corrected chi connectivity index (χ0v) is 10.3. The molecule has 1 heterocycles. The summed E-state index contributed by atoms with van der Waals surface area (Å²) in [5.41, 5.74) is 0.787. The Kier molecular flexibility index (Phi) is 4.51. The van der Waals surface area contributed by atoms with Gasteiger partial charge in [0.05, 0.1) is 6.61 Å². The van der Waals surface area contributed by atoms with E-state index in [1.54, 1.807) is 6.07 Å². The lowest BCUT2D eigenvalue weighted by Crippen LogP contribution is -2.35. The molecule has 1 aromatic rings. The maximum absolute atomic E-state index is 13.4. The van der Waals surface area contributed by atoms with Crippen LogP contribution in [0.5, 0.6) is 0 Å². The van der Waals surface area contributed by atoms with Gasteiger partial charge in [0.25, 0.3) is 0 Å². The summed E-state index contributed by atoms with van der Waals surface area (Å²) in [6.07, 6.45) is 1.87. The largest absolute Gasteiger partial charge is 0.381 e. The molecular formula is C14H20FNO. The zero-order chi connectivity index (χ0) is 12.1. The van der Waals surface area contributed by atoms with E-state index in [1.807, 2.05) is 12.1 Å². The first-order valence-electron chi connectivity index (χ1n) is 6.32. The Morgan fingerprint density at radius 3 is 3.00 bits per heavy atom. The fourth-order valence-electron chi connectivity index (χ4n) is 2.25. The van der Waals surface area contributed by atoms with Crippen LogP contribution in [-0.2, 0) is 11.2 Å². The minimum absolute atomic E-state index is 0.105. The summed E-state index contributed by atoms with van der Waals surface area (Å²) in [7, 11) is 0.